The predicted molar refractivity (Wildman–Crippen MR) is 89.0 cm³/mol. The summed E-state index contributed by atoms with van der Waals surface area (Å²) in [6.07, 6.45) is 2.32. The highest BCUT2D eigenvalue weighted by atomic mass is 16.2. The van der Waals surface area contributed by atoms with E-state index in [1.54, 1.807) is 6.92 Å². The molecule has 2 atom stereocenters. The minimum Gasteiger partial charge on any atom is -0.342 e. The SMILES string of the molecule is CC(=O)N1CCN(C2CN(CC(=O)N3CCCC3)CC2C)CC1. The van der Waals surface area contributed by atoms with Crippen molar-refractivity contribution in [2.24, 2.45) is 5.92 Å². The number of carbonyl (C=O) groups is 2. The molecule has 3 fully saturated rings. The molecule has 6 heteroatoms. The molecule has 0 aliphatic carbocycles. The summed E-state index contributed by atoms with van der Waals surface area (Å²) < 4.78 is 0. The van der Waals surface area contributed by atoms with Crippen LogP contribution in [-0.2, 0) is 9.59 Å². The lowest BCUT2D eigenvalue weighted by molar-refractivity contribution is -0.132. The van der Waals surface area contributed by atoms with Crippen LogP contribution in [0.15, 0.2) is 0 Å². The van der Waals surface area contributed by atoms with Gasteiger partial charge in [0.15, 0.2) is 0 Å². The van der Waals surface area contributed by atoms with E-state index in [1.165, 1.54) is 0 Å². The second-order valence-corrected chi connectivity index (χ2v) is 7.37. The van der Waals surface area contributed by atoms with Crippen molar-refractivity contribution in [3.8, 4) is 0 Å². The van der Waals surface area contributed by atoms with Gasteiger partial charge in [-0.05, 0) is 18.8 Å². The number of carbonyl (C=O) groups excluding carboxylic acids is 2. The van der Waals surface area contributed by atoms with E-state index in [9.17, 15) is 9.59 Å². The number of amides is 2. The number of nitrogens with zero attached hydrogens (tertiary/aromatic N) is 4. The molecule has 3 saturated heterocycles. The smallest absolute Gasteiger partial charge is 0.236 e. The largest absolute Gasteiger partial charge is 0.342 e. The molecule has 0 N–H and O–H groups in total. The molecule has 3 aliphatic rings. The maximum absolute atomic E-state index is 12.3. The molecule has 3 rings (SSSR count). The van der Waals surface area contributed by atoms with Gasteiger partial charge in [0, 0.05) is 65.3 Å². The molecular weight excluding hydrogens is 292 g/mol. The van der Waals surface area contributed by atoms with Gasteiger partial charge >= 0.3 is 0 Å². The highest BCUT2D eigenvalue weighted by Crippen LogP contribution is 2.23. The molecule has 0 aromatic heterocycles. The molecule has 0 aromatic rings. The maximum atomic E-state index is 12.3. The van der Waals surface area contributed by atoms with Gasteiger partial charge in [0.2, 0.25) is 11.8 Å². The summed E-state index contributed by atoms with van der Waals surface area (Å²) in [5, 5.41) is 0. The lowest BCUT2D eigenvalue weighted by Gasteiger charge is -2.39. The fourth-order valence-electron chi connectivity index (χ4n) is 4.28. The Bertz CT molecular complexity index is 442. The third-order valence-electron chi connectivity index (χ3n) is 5.69. The van der Waals surface area contributed by atoms with Crippen LogP contribution in [-0.4, -0.2) is 96.4 Å². The van der Waals surface area contributed by atoms with Crippen molar-refractivity contribution in [1.82, 2.24) is 19.6 Å². The van der Waals surface area contributed by atoms with E-state index in [-0.39, 0.29) is 5.91 Å². The summed E-state index contributed by atoms with van der Waals surface area (Å²) >= 11 is 0. The molecular formula is C17H30N4O2. The van der Waals surface area contributed by atoms with Crippen LogP contribution in [0.4, 0.5) is 0 Å². The standard InChI is InChI=1S/C17H30N4O2/c1-14-11-18(13-17(23)21-5-3-4-6-21)12-16(14)20-9-7-19(8-10-20)15(2)22/h14,16H,3-13H2,1-2H3. The first-order valence-electron chi connectivity index (χ1n) is 9.04. The highest BCUT2D eigenvalue weighted by Gasteiger charge is 2.36. The van der Waals surface area contributed by atoms with Crippen LogP contribution in [0.5, 0.6) is 0 Å². The van der Waals surface area contributed by atoms with Crippen molar-refractivity contribution < 1.29 is 9.59 Å². The van der Waals surface area contributed by atoms with E-state index < -0.39 is 0 Å². The van der Waals surface area contributed by atoms with Gasteiger partial charge in [-0.25, -0.2) is 0 Å². The van der Waals surface area contributed by atoms with Crippen LogP contribution in [0.1, 0.15) is 26.7 Å². The average Bonchev–Trinajstić information content (AvgIpc) is 3.17. The van der Waals surface area contributed by atoms with E-state index in [1.807, 2.05) is 9.80 Å². The molecule has 6 nitrogen and oxygen atoms in total. The van der Waals surface area contributed by atoms with Crippen LogP contribution < -0.4 is 0 Å². The van der Waals surface area contributed by atoms with Crippen LogP contribution in [0.3, 0.4) is 0 Å². The zero-order valence-corrected chi connectivity index (χ0v) is 14.5. The number of hydrogen-bond donors (Lipinski definition) is 0. The van der Waals surface area contributed by atoms with Gasteiger partial charge in [-0.3, -0.25) is 19.4 Å². The average molecular weight is 322 g/mol. The Hall–Kier alpha value is -1.14. The van der Waals surface area contributed by atoms with Crippen molar-refractivity contribution in [2.75, 3.05) is 58.9 Å². The molecule has 23 heavy (non-hydrogen) atoms. The zero-order chi connectivity index (χ0) is 16.4. The monoisotopic (exact) mass is 322 g/mol. The van der Waals surface area contributed by atoms with Crippen LogP contribution in [0.25, 0.3) is 0 Å². The zero-order valence-electron chi connectivity index (χ0n) is 14.5. The molecule has 3 heterocycles. The lowest BCUT2D eigenvalue weighted by atomic mass is 10.0. The van der Waals surface area contributed by atoms with Crippen LogP contribution in [0, 0.1) is 5.92 Å². The van der Waals surface area contributed by atoms with E-state index in [0.717, 1.165) is 65.2 Å². The molecule has 0 aromatic carbocycles. The van der Waals surface area contributed by atoms with Gasteiger partial charge in [-0.1, -0.05) is 6.92 Å². The number of likely N-dealkylation sites (tertiary alicyclic amines) is 2. The van der Waals surface area contributed by atoms with Crippen molar-refractivity contribution in [3.63, 3.8) is 0 Å². The normalized spacial score (nSPS) is 30.2. The van der Waals surface area contributed by atoms with Gasteiger partial charge in [0.1, 0.15) is 0 Å². The Morgan fingerprint density at radius 1 is 0.913 bits per heavy atom. The topological polar surface area (TPSA) is 47.1 Å². The van der Waals surface area contributed by atoms with E-state index >= 15 is 0 Å². The first-order valence-corrected chi connectivity index (χ1v) is 9.04. The minimum atomic E-state index is 0.182. The summed E-state index contributed by atoms with van der Waals surface area (Å²) in [6.45, 7) is 12.0. The number of piperazine rings is 1. The lowest BCUT2D eigenvalue weighted by Crippen LogP contribution is -2.53. The second-order valence-electron chi connectivity index (χ2n) is 7.37. The quantitative estimate of drug-likeness (QED) is 0.739. The molecule has 0 radical (unpaired) electrons. The third kappa shape index (κ3) is 3.86. The van der Waals surface area contributed by atoms with Gasteiger partial charge in [-0.2, -0.15) is 0 Å². The molecule has 3 aliphatic heterocycles. The molecule has 2 unspecified atom stereocenters. The summed E-state index contributed by atoms with van der Waals surface area (Å²) in [5.41, 5.74) is 0. The molecule has 0 bridgehead atoms. The van der Waals surface area contributed by atoms with Crippen LogP contribution in [0.2, 0.25) is 0 Å². The molecule has 0 saturated carbocycles. The molecule has 0 spiro atoms. The highest BCUT2D eigenvalue weighted by molar-refractivity contribution is 5.78. The van der Waals surface area contributed by atoms with E-state index in [2.05, 4.69) is 16.7 Å². The van der Waals surface area contributed by atoms with Crippen molar-refractivity contribution >= 4 is 11.8 Å². The van der Waals surface area contributed by atoms with Crippen LogP contribution >= 0.6 is 0 Å². The summed E-state index contributed by atoms with van der Waals surface area (Å²) in [4.78, 5) is 32.6. The van der Waals surface area contributed by atoms with E-state index in [4.69, 9.17) is 0 Å². The Balaban J connectivity index is 1.48. The third-order valence-corrected chi connectivity index (χ3v) is 5.69. The summed E-state index contributed by atoms with van der Waals surface area (Å²) in [7, 11) is 0. The predicted octanol–water partition coefficient (Wildman–Crippen LogP) is 0.0932. The fraction of sp³-hybridized carbons (Fsp3) is 0.882. The van der Waals surface area contributed by atoms with Gasteiger partial charge in [0.05, 0.1) is 6.54 Å². The Morgan fingerprint density at radius 3 is 2.17 bits per heavy atom. The Kier molecular flexibility index (Phi) is 5.21. The van der Waals surface area contributed by atoms with Gasteiger partial charge < -0.3 is 9.80 Å². The maximum Gasteiger partial charge on any atom is 0.236 e. The summed E-state index contributed by atoms with van der Waals surface area (Å²) in [6, 6.07) is 0.524. The molecule has 2 amide bonds. The second kappa shape index (κ2) is 7.18. The molecule has 130 valence electrons. The van der Waals surface area contributed by atoms with Crippen molar-refractivity contribution in [1.29, 1.82) is 0 Å². The van der Waals surface area contributed by atoms with Gasteiger partial charge in [0.25, 0.3) is 0 Å². The summed E-state index contributed by atoms with van der Waals surface area (Å²) in [5.74, 6) is 1.07. The Morgan fingerprint density at radius 2 is 1.57 bits per heavy atom. The minimum absolute atomic E-state index is 0.182. The van der Waals surface area contributed by atoms with Crippen molar-refractivity contribution in [2.45, 2.75) is 32.7 Å². The van der Waals surface area contributed by atoms with Gasteiger partial charge in [-0.15, -0.1) is 0 Å². The van der Waals surface area contributed by atoms with E-state index in [0.29, 0.717) is 24.4 Å². The van der Waals surface area contributed by atoms with Crippen molar-refractivity contribution in [3.05, 3.63) is 0 Å². The number of rotatable bonds is 3. The first-order chi connectivity index (χ1) is 11.0. The first kappa shape index (κ1) is 16.7. The number of hydrogen-bond acceptors (Lipinski definition) is 4. The fourth-order valence-corrected chi connectivity index (χ4v) is 4.28. The Labute approximate surface area is 139 Å².